The SMILES string of the molecule is CCCCCCCCCCCCCCCCOCC(COP(=O)(O)OCCC)OCCCCC(OCC)OCC. The fraction of sp³-hybridized carbons (Fsp3) is 1.00. The largest absolute Gasteiger partial charge is 0.472 e. The Bertz CT molecular complexity index is 545. The smallest absolute Gasteiger partial charge is 0.379 e. The molecule has 8 nitrogen and oxygen atoms in total. The summed E-state index contributed by atoms with van der Waals surface area (Å²) in [6.45, 7) is 10.9. The van der Waals surface area contributed by atoms with Gasteiger partial charge in [0.2, 0.25) is 0 Å². The zero-order valence-electron chi connectivity index (χ0n) is 26.6. The Labute approximate surface area is 247 Å². The van der Waals surface area contributed by atoms with Crippen molar-refractivity contribution in [3.05, 3.63) is 0 Å². The first kappa shape index (κ1) is 40.0. The minimum atomic E-state index is -4.08. The van der Waals surface area contributed by atoms with Crippen LogP contribution in [0, 0.1) is 0 Å². The van der Waals surface area contributed by atoms with Crippen molar-refractivity contribution in [2.45, 2.75) is 156 Å². The third-order valence-corrected chi connectivity index (χ3v) is 7.71. The third kappa shape index (κ3) is 28.1. The molecule has 40 heavy (non-hydrogen) atoms. The maximum Gasteiger partial charge on any atom is 0.472 e. The number of phosphoric ester groups is 1. The van der Waals surface area contributed by atoms with E-state index < -0.39 is 13.9 Å². The molecule has 2 atom stereocenters. The monoisotopic (exact) mass is 596 g/mol. The third-order valence-electron chi connectivity index (χ3n) is 6.72. The van der Waals surface area contributed by atoms with E-state index in [0.29, 0.717) is 39.5 Å². The van der Waals surface area contributed by atoms with Gasteiger partial charge in [0.05, 0.1) is 19.8 Å². The second kappa shape index (κ2) is 30.4. The molecule has 0 radical (unpaired) electrons. The molecule has 0 aromatic rings. The maximum atomic E-state index is 12.1. The van der Waals surface area contributed by atoms with Gasteiger partial charge >= 0.3 is 7.82 Å². The molecular weight excluding hydrogens is 531 g/mol. The molecule has 0 aliphatic carbocycles. The van der Waals surface area contributed by atoms with E-state index in [-0.39, 0.29) is 19.5 Å². The fourth-order valence-corrected chi connectivity index (χ4v) is 5.27. The van der Waals surface area contributed by atoms with E-state index in [4.69, 9.17) is 28.0 Å². The standard InChI is InChI=1S/C31H65O8P/c1-5-9-10-11-12-13-14-15-16-17-18-19-20-22-26-34-28-30(29-39-40(32,33)38-25-6-2)37-27-23-21-24-31(35-7-3)36-8-4/h30-31H,5-29H2,1-4H3,(H,32,33). The predicted octanol–water partition coefficient (Wildman–Crippen LogP) is 8.98. The van der Waals surface area contributed by atoms with Crippen LogP contribution in [0.1, 0.15) is 143 Å². The van der Waals surface area contributed by atoms with Gasteiger partial charge in [-0.15, -0.1) is 0 Å². The molecule has 1 N–H and O–H groups in total. The molecule has 0 aromatic heterocycles. The summed E-state index contributed by atoms with van der Waals surface area (Å²) in [5.74, 6) is 0. The van der Waals surface area contributed by atoms with E-state index >= 15 is 0 Å². The van der Waals surface area contributed by atoms with Crippen molar-refractivity contribution in [1.29, 1.82) is 0 Å². The maximum absolute atomic E-state index is 12.1. The van der Waals surface area contributed by atoms with E-state index in [9.17, 15) is 9.46 Å². The average Bonchev–Trinajstić information content (AvgIpc) is 2.94. The Morgan fingerprint density at radius 3 is 1.60 bits per heavy atom. The first-order valence-electron chi connectivity index (χ1n) is 16.5. The molecule has 0 amide bonds. The van der Waals surface area contributed by atoms with Crippen LogP contribution >= 0.6 is 7.82 Å². The van der Waals surface area contributed by atoms with Crippen LogP contribution in [-0.2, 0) is 32.6 Å². The number of hydrogen-bond acceptors (Lipinski definition) is 7. The highest BCUT2D eigenvalue weighted by Gasteiger charge is 2.23. The van der Waals surface area contributed by atoms with Crippen molar-refractivity contribution < 1.29 is 37.5 Å². The van der Waals surface area contributed by atoms with Gasteiger partial charge in [0.15, 0.2) is 6.29 Å². The number of rotatable bonds is 33. The molecule has 242 valence electrons. The normalized spacial score (nSPS) is 14.2. The topological polar surface area (TPSA) is 92.7 Å². The lowest BCUT2D eigenvalue weighted by atomic mass is 10.0. The minimum Gasteiger partial charge on any atom is -0.379 e. The highest BCUT2D eigenvalue weighted by molar-refractivity contribution is 7.47. The van der Waals surface area contributed by atoms with Crippen LogP contribution < -0.4 is 0 Å². The van der Waals surface area contributed by atoms with Gasteiger partial charge in [-0.3, -0.25) is 9.05 Å². The second-order valence-electron chi connectivity index (χ2n) is 10.6. The molecule has 0 aliphatic heterocycles. The van der Waals surface area contributed by atoms with Crippen LogP contribution in [-0.4, -0.2) is 63.5 Å². The molecule has 0 rings (SSSR count). The summed E-state index contributed by atoms with van der Waals surface area (Å²) in [6.07, 6.45) is 21.1. The molecule has 0 bridgehead atoms. The van der Waals surface area contributed by atoms with Gasteiger partial charge in [-0.25, -0.2) is 4.57 Å². The molecule has 0 aromatic carbocycles. The van der Waals surface area contributed by atoms with E-state index in [0.717, 1.165) is 32.1 Å². The fourth-order valence-electron chi connectivity index (χ4n) is 4.43. The zero-order chi connectivity index (χ0) is 29.6. The quantitative estimate of drug-likeness (QED) is 0.0456. The Morgan fingerprint density at radius 1 is 0.550 bits per heavy atom. The number of hydrogen-bond donors (Lipinski definition) is 1. The summed E-state index contributed by atoms with van der Waals surface area (Å²) < 4.78 is 45.1. The number of unbranched alkanes of at least 4 members (excludes halogenated alkanes) is 14. The highest BCUT2D eigenvalue weighted by atomic mass is 31.2. The molecule has 0 saturated carbocycles. The summed E-state index contributed by atoms with van der Waals surface area (Å²) in [6, 6.07) is 0. The first-order chi connectivity index (χ1) is 19.5. The number of phosphoric acid groups is 1. The van der Waals surface area contributed by atoms with Crippen LogP contribution in [0.15, 0.2) is 0 Å². The molecular formula is C31H65O8P. The summed E-state index contributed by atoms with van der Waals surface area (Å²) in [4.78, 5) is 9.87. The van der Waals surface area contributed by atoms with Crippen molar-refractivity contribution in [3.8, 4) is 0 Å². The van der Waals surface area contributed by atoms with Gasteiger partial charge in [0.25, 0.3) is 0 Å². The molecule has 0 fully saturated rings. The lowest BCUT2D eigenvalue weighted by Crippen LogP contribution is -2.26. The lowest BCUT2D eigenvalue weighted by molar-refractivity contribution is -0.140. The molecule has 0 spiro atoms. The van der Waals surface area contributed by atoms with Crippen LogP contribution in [0.3, 0.4) is 0 Å². The first-order valence-corrected chi connectivity index (χ1v) is 18.0. The van der Waals surface area contributed by atoms with Gasteiger partial charge in [0.1, 0.15) is 6.10 Å². The molecule has 0 saturated heterocycles. The van der Waals surface area contributed by atoms with Crippen molar-refractivity contribution in [2.75, 3.05) is 46.2 Å². The van der Waals surface area contributed by atoms with Crippen LogP contribution in [0.4, 0.5) is 0 Å². The van der Waals surface area contributed by atoms with Gasteiger partial charge in [-0.2, -0.15) is 0 Å². The van der Waals surface area contributed by atoms with Gasteiger partial charge in [-0.05, 0) is 46.0 Å². The Balaban J connectivity index is 4.04. The lowest BCUT2D eigenvalue weighted by Gasteiger charge is -2.20. The summed E-state index contributed by atoms with van der Waals surface area (Å²) in [5.41, 5.74) is 0. The van der Waals surface area contributed by atoms with Gasteiger partial charge < -0.3 is 23.8 Å². The molecule has 0 heterocycles. The van der Waals surface area contributed by atoms with Crippen LogP contribution in [0.5, 0.6) is 0 Å². The number of ether oxygens (including phenoxy) is 4. The highest BCUT2D eigenvalue weighted by Crippen LogP contribution is 2.43. The average molecular weight is 597 g/mol. The van der Waals surface area contributed by atoms with Gasteiger partial charge in [-0.1, -0.05) is 97.3 Å². The Hall–Kier alpha value is -0.0500. The predicted molar refractivity (Wildman–Crippen MR) is 164 cm³/mol. The van der Waals surface area contributed by atoms with E-state index in [1.165, 1.54) is 77.0 Å². The Morgan fingerprint density at radius 2 is 1.07 bits per heavy atom. The molecule has 0 aliphatic rings. The summed E-state index contributed by atoms with van der Waals surface area (Å²) in [5, 5.41) is 0. The summed E-state index contributed by atoms with van der Waals surface area (Å²) in [7, 11) is -4.08. The van der Waals surface area contributed by atoms with E-state index in [2.05, 4.69) is 6.92 Å². The zero-order valence-corrected chi connectivity index (χ0v) is 27.5. The minimum absolute atomic E-state index is 0.0449. The van der Waals surface area contributed by atoms with Gasteiger partial charge in [0, 0.05) is 26.4 Å². The molecule has 9 heteroatoms. The van der Waals surface area contributed by atoms with Crippen LogP contribution in [0.2, 0.25) is 0 Å². The van der Waals surface area contributed by atoms with E-state index in [1.807, 2.05) is 20.8 Å². The van der Waals surface area contributed by atoms with Crippen molar-refractivity contribution >= 4 is 7.82 Å². The van der Waals surface area contributed by atoms with Crippen molar-refractivity contribution in [2.24, 2.45) is 0 Å². The van der Waals surface area contributed by atoms with E-state index in [1.54, 1.807) is 0 Å². The second-order valence-corrected chi connectivity index (χ2v) is 12.1. The van der Waals surface area contributed by atoms with Crippen molar-refractivity contribution in [1.82, 2.24) is 0 Å². The molecule has 2 unspecified atom stereocenters. The van der Waals surface area contributed by atoms with Crippen LogP contribution in [0.25, 0.3) is 0 Å². The summed E-state index contributed by atoms with van der Waals surface area (Å²) >= 11 is 0. The van der Waals surface area contributed by atoms with Crippen molar-refractivity contribution in [3.63, 3.8) is 0 Å². The Kier molecular flexibility index (Phi) is 30.4.